The molecule has 1 aromatic heterocycles. The molecule has 168 valence electrons. The number of halogens is 1. The monoisotopic (exact) mass is 469 g/mol. The van der Waals surface area contributed by atoms with E-state index in [1.54, 1.807) is 12.1 Å². The van der Waals surface area contributed by atoms with Gasteiger partial charge in [0, 0.05) is 29.0 Å². The molecular weight excluding hydrogens is 450 g/mol. The van der Waals surface area contributed by atoms with Crippen LogP contribution in [0.4, 0.5) is 0 Å². The number of fused-ring (bicyclic) bond motifs is 2. The van der Waals surface area contributed by atoms with Crippen molar-refractivity contribution in [1.29, 1.82) is 0 Å². The number of hydrogen-bond donors (Lipinski definition) is 0. The van der Waals surface area contributed by atoms with Crippen LogP contribution >= 0.6 is 11.6 Å². The van der Waals surface area contributed by atoms with Gasteiger partial charge in [-0.25, -0.2) is 9.99 Å². The number of carbonyl (C=O) groups is 1. The van der Waals surface area contributed by atoms with E-state index in [2.05, 4.69) is 4.98 Å². The summed E-state index contributed by atoms with van der Waals surface area (Å²) in [6, 6.07) is 24.4. The van der Waals surface area contributed by atoms with Crippen molar-refractivity contribution in [2.75, 3.05) is 13.2 Å². The van der Waals surface area contributed by atoms with E-state index in [1.165, 1.54) is 5.01 Å². The van der Waals surface area contributed by atoms with Gasteiger partial charge in [-0.3, -0.25) is 4.79 Å². The molecule has 2 aliphatic heterocycles. The maximum Gasteiger partial charge on any atom is 0.274 e. The van der Waals surface area contributed by atoms with E-state index in [4.69, 9.17) is 26.2 Å². The summed E-state index contributed by atoms with van der Waals surface area (Å²) in [5.74, 6) is 1.15. The van der Waals surface area contributed by atoms with Gasteiger partial charge in [0.15, 0.2) is 11.5 Å². The highest BCUT2D eigenvalue weighted by atomic mass is 35.5. The number of benzene rings is 3. The smallest absolute Gasteiger partial charge is 0.274 e. The Balaban J connectivity index is 1.45. The van der Waals surface area contributed by atoms with Crippen molar-refractivity contribution < 1.29 is 14.3 Å². The number of amides is 1. The zero-order valence-electron chi connectivity index (χ0n) is 18.1. The summed E-state index contributed by atoms with van der Waals surface area (Å²) in [5.41, 5.74) is 3.81. The lowest BCUT2D eigenvalue weighted by molar-refractivity contribution is 0.0711. The Labute approximate surface area is 201 Å². The number of hydrogen-bond acceptors (Lipinski definition) is 5. The van der Waals surface area contributed by atoms with E-state index < -0.39 is 0 Å². The molecule has 6 rings (SSSR count). The van der Waals surface area contributed by atoms with Gasteiger partial charge < -0.3 is 9.47 Å². The lowest BCUT2D eigenvalue weighted by atomic mass is 9.98. The molecule has 0 saturated carbocycles. The number of ether oxygens (including phenoxy) is 2. The molecule has 34 heavy (non-hydrogen) atoms. The van der Waals surface area contributed by atoms with Crippen LogP contribution in [0.2, 0.25) is 5.15 Å². The highest BCUT2D eigenvalue weighted by molar-refractivity contribution is 6.30. The minimum Gasteiger partial charge on any atom is -0.486 e. The van der Waals surface area contributed by atoms with E-state index in [0.29, 0.717) is 47.4 Å². The first-order valence-electron chi connectivity index (χ1n) is 11.1. The van der Waals surface area contributed by atoms with Crippen LogP contribution in [0.5, 0.6) is 11.5 Å². The summed E-state index contributed by atoms with van der Waals surface area (Å²) in [5, 5.41) is 7.49. The molecule has 3 heterocycles. The molecule has 3 aromatic carbocycles. The third-order valence-electron chi connectivity index (χ3n) is 6.06. The molecule has 1 atom stereocenters. The number of carbonyl (C=O) groups excluding carboxylic acids is 1. The summed E-state index contributed by atoms with van der Waals surface area (Å²) in [6.07, 6.45) is 0.528. The van der Waals surface area contributed by atoms with Crippen molar-refractivity contribution in [3.8, 4) is 11.5 Å². The molecule has 7 heteroatoms. The van der Waals surface area contributed by atoms with Gasteiger partial charge in [-0.05, 0) is 29.8 Å². The molecule has 0 unspecified atom stereocenters. The fourth-order valence-electron chi connectivity index (χ4n) is 4.40. The number of pyridine rings is 1. The maximum atomic E-state index is 13.5. The molecule has 0 N–H and O–H groups in total. The second-order valence-corrected chi connectivity index (χ2v) is 8.56. The molecule has 4 aromatic rings. The second kappa shape index (κ2) is 8.47. The molecule has 6 nitrogen and oxygen atoms in total. The van der Waals surface area contributed by atoms with E-state index in [0.717, 1.165) is 22.2 Å². The first-order chi connectivity index (χ1) is 16.7. The second-order valence-electron chi connectivity index (χ2n) is 8.21. The molecule has 0 saturated heterocycles. The van der Waals surface area contributed by atoms with Gasteiger partial charge in [-0.15, -0.1) is 0 Å². The normalized spacial score (nSPS) is 17.0. The number of nitrogens with zero attached hydrogens (tertiary/aromatic N) is 3. The minimum atomic E-state index is -0.388. The first kappa shape index (κ1) is 20.7. The number of rotatable bonds is 3. The van der Waals surface area contributed by atoms with Crippen LogP contribution in [-0.4, -0.2) is 34.8 Å². The third kappa shape index (κ3) is 3.66. The summed E-state index contributed by atoms with van der Waals surface area (Å²) in [7, 11) is 0. The SMILES string of the molecule is O=C(c1ccccc1)N1N=C(c2ccccc2)C[C@@H]1c1cc2cc3c(cc2nc1Cl)OCCO3. The van der Waals surface area contributed by atoms with Gasteiger partial charge in [0.1, 0.15) is 18.4 Å². The van der Waals surface area contributed by atoms with Crippen molar-refractivity contribution in [2.24, 2.45) is 5.10 Å². The Bertz CT molecular complexity index is 1420. The molecule has 0 radical (unpaired) electrons. The molecule has 0 bridgehead atoms. The van der Waals surface area contributed by atoms with Gasteiger partial charge in [0.25, 0.3) is 5.91 Å². The van der Waals surface area contributed by atoms with Crippen LogP contribution in [0.15, 0.2) is 84.0 Å². The average Bonchev–Trinajstić information content (AvgIpc) is 3.33. The van der Waals surface area contributed by atoms with Crippen LogP contribution in [-0.2, 0) is 0 Å². The molecule has 1 amide bonds. The topological polar surface area (TPSA) is 64.0 Å². The van der Waals surface area contributed by atoms with Crippen molar-refractivity contribution in [2.45, 2.75) is 12.5 Å². The Morgan fingerprint density at radius 2 is 1.59 bits per heavy atom. The molecule has 0 aliphatic carbocycles. The quantitative estimate of drug-likeness (QED) is 0.364. The van der Waals surface area contributed by atoms with E-state index >= 15 is 0 Å². The fraction of sp³-hybridized carbons (Fsp3) is 0.148. The summed E-state index contributed by atoms with van der Waals surface area (Å²) < 4.78 is 11.4. The predicted molar refractivity (Wildman–Crippen MR) is 131 cm³/mol. The molecular formula is C27H20ClN3O3. The Hall–Kier alpha value is -3.90. The Morgan fingerprint density at radius 3 is 2.32 bits per heavy atom. The van der Waals surface area contributed by atoms with Gasteiger partial charge in [-0.2, -0.15) is 5.10 Å². The zero-order chi connectivity index (χ0) is 23.1. The average molecular weight is 470 g/mol. The van der Waals surface area contributed by atoms with E-state index in [1.807, 2.05) is 66.7 Å². The fourth-order valence-corrected chi connectivity index (χ4v) is 4.67. The van der Waals surface area contributed by atoms with Gasteiger partial charge in [-0.1, -0.05) is 60.1 Å². The number of hydrazone groups is 1. The van der Waals surface area contributed by atoms with Crippen molar-refractivity contribution in [3.63, 3.8) is 0 Å². The number of aromatic nitrogens is 1. The third-order valence-corrected chi connectivity index (χ3v) is 6.37. The standard InChI is InChI=1S/C27H20ClN3O3/c28-26-20(13-19-14-24-25(16-21(19)29-26)34-12-11-33-24)23-15-22(17-7-3-1-4-8-17)30-31(23)27(32)18-9-5-2-6-10-18/h1-10,13-14,16,23H,11-12,15H2/t23-/m1/s1. The molecule has 2 aliphatic rings. The van der Waals surface area contributed by atoms with Crippen molar-refractivity contribution in [3.05, 3.63) is 101 Å². The predicted octanol–water partition coefficient (Wildman–Crippen LogP) is 5.65. The van der Waals surface area contributed by atoms with E-state index in [-0.39, 0.29) is 11.9 Å². The highest BCUT2D eigenvalue weighted by Crippen LogP contribution is 2.40. The van der Waals surface area contributed by atoms with Crippen molar-refractivity contribution >= 4 is 34.1 Å². The maximum absolute atomic E-state index is 13.5. The largest absolute Gasteiger partial charge is 0.486 e. The lowest BCUT2D eigenvalue weighted by Crippen LogP contribution is -2.27. The van der Waals surface area contributed by atoms with Crippen LogP contribution < -0.4 is 9.47 Å². The van der Waals surface area contributed by atoms with Crippen molar-refractivity contribution in [1.82, 2.24) is 9.99 Å². The van der Waals surface area contributed by atoms with Gasteiger partial charge >= 0.3 is 0 Å². The molecule has 0 fully saturated rings. The summed E-state index contributed by atoms with van der Waals surface area (Å²) in [6.45, 7) is 1.01. The highest BCUT2D eigenvalue weighted by Gasteiger charge is 2.35. The Kier molecular flexibility index (Phi) is 5.15. The van der Waals surface area contributed by atoms with Gasteiger partial charge in [0.2, 0.25) is 0 Å². The van der Waals surface area contributed by atoms with Crippen LogP contribution in [0, 0.1) is 0 Å². The lowest BCUT2D eigenvalue weighted by Gasteiger charge is -2.23. The van der Waals surface area contributed by atoms with E-state index in [9.17, 15) is 4.79 Å². The summed E-state index contributed by atoms with van der Waals surface area (Å²) >= 11 is 6.70. The Morgan fingerprint density at radius 1 is 0.912 bits per heavy atom. The van der Waals surface area contributed by atoms with Gasteiger partial charge in [0.05, 0.1) is 17.3 Å². The first-order valence-corrected chi connectivity index (χ1v) is 11.5. The zero-order valence-corrected chi connectivity index (χ0v) is 18.9. The molecule has 0 spiro atoms. The minimum absolute atomic E-state index is 0.185. The van der Waals surface area contributed by atoms with Crippen LogP contribution in [0.25, 0.3) is 10.9 Å². The van der Waals surface area contributed by atoms with Crippen LogP contribution in [0.3, 0.4) is 0 Å². The van der Waals surface area contributed by atoms with Crippen LogP contribution in [0.1, 0.15) is 33.9 Å². The summed E-state index contributed by atoms with van der Waals surface area (Å²) in [4.78, 5) is 18.1.